The zero-order chi connectivity index (χ0) is 12.8. The lowest BCUT2D eigenvalue weighted by Gasteiger charge is -2.11. The summed E-state index contributed by atoms with van der Waals surface area (Å²) in [6.45, 7) is 0. The highest BCUT2D eigenvalue weighted by atomic mass is 16.5. The molecule has 0 bridgehead atoms. The zero-order valence-electron chi connectivity index (χ0n) is 9.64. The van der Waals surface area contributed by atoms with Gasteiger partial charge in [0.05, 0.1) is 14.2 Å². The molecular weight excluding hydrogens is 224 g/mol. The fourth-order valence-electron chi connectivity index (χ4n) is 1.43. The van der Waals surface area contributed by atoms with E-state index in [0.29, 0.717) is 23.5 Å². The van der Waals surface area contributed by atoms with Crippen molar-refractivity contribution in [3.05, 3.63) is 29.8 Å². The van der Waals surface area contributed by atoms with Crippen molar-refractivity contribution in [2.24, 2.45) is 0 Å². The van der Waals surface area contributed by atoms with Gasteiger partial charge in [-0.3, -0.25) is 0 Å². The topological polar surface area (TPSA) is 76.0 Å². The summed E-state index contributed by atoms with van der Waals surface area (Å²) < 4.78 is 10.0. The molecule has 0 saturated heterocycles. The molecule has 1 aromatic rings. The van der Waals surface area contributed by atoms with Crippen molar-refractivity contribution in [3.63, 3.8) is 0 Å². The highest BCUT2D eigenvalue weighted by Gasteiger charge is 2.12. The zero-order valence-corrected chi connectivity index (χ0v) is 9.64. The van der Waals surface area contributed by atoms with Gasteiger partial charge in [0, 0.05) is 11.6 Å². The number of aliphatic carboxylic acids is 1. The second-order valence-electron chi connectivity index (χ2n) is 3.25. The highest BCUT2D eigenvalue weighted by molar-refractivity contribution is 5.79. The molecule has 0 aliphatic carbocycles. The van der Waals surface area contributed by atoms with Crippen LogP contribution in [0.3, 0.4) is 0 Å². The summed E-state index contributed by atoms with van der Waals surface area (Å²) in [5.74, 6) is -0.495. The number of carboxylic acids is 1. The van der Waals surface area contributed by atoms with Gasteiger partial charge in [-0.05, 0) is 12.5 Å². The van der Waals surface area contributed by atoms with E-state index in [4.69, 9.17) is 14.6 Å². The summed E-state index contributed by atoms with van der Waals surface area (Å²) >= 11 is 0. The lowest BCUT2D eigenvalue weighted by atomic mass is 10.1. The van der Waals surface area contributed by atoms with Gasteiger partial charge in [0.15, 0.2) is 11.5 Å². The number of ether oxygens (including phenoxy) is 2. The third-order valence-electron chi connectivity index (χ3n) is 2.20. The van der Waals surface area contributed by atoms with Crippen molar-refractivity contribution in [2.75, 3.05) is 14.2 Å². The van der Waals surface area contributed by atoms with Crippen LogP contribution in [-0.4, -0.2) is 30.4 Å². The van der Waals surface area contributed by atoms with Crippen LogP contribution in [0.15, 0.2) is 24.3 Å². The van der Waals surface area contributed by atoms with Gasteiger partial charge in [0.25, 0.3) is 0 Å². The SMILES string of the molecule is COc1ccc(C/C=C/C(=O)O)c(OC)c1O. The molecule has 0 heterocycles. The van der Waals surface area contributed by atoms with E-state index in [0.717, 1.165) is 6.08 Å². The smallest absolute Gasteiger partial charge is 0.327 e. The average molecular weight is 238 g/mol. The van der Waals surface area contributed by atoms with Crippen molar-refractivity contribution in [1.82, 2.24) is 0 Å². The van der Waals surface area contributed by atoms with Crippen LogP contribution in [-0.2, 0) is 11.2 Å². The summed E-state index contributed by atoms with van der Waals surface area (Å²) in [7, 11) is 2.87. The molecule has 0 aromatic heterocycles. The molecule has 2 N–H and O–H groups in total. The minimum atomic E-state index is -1.01. The molecule has 5 heteroatoms. The lowest BCUT2D eigenvalue weighted by molar-refractivity contribution is -0.131. The fourth-order valence-corrected chi connectivity index (χ4v) is 1.43. The van der Waals surface area contributed by atoms with E-state index < -0.39 is 5.97 Å². The lowest BCUT2D eigenvalue weighted by Crippen LogP contribution is -1.94. The van der Waals surface area contributed by atoms with Crippen molar-refractivity contribution in [1.29, 1.82) is 0 Å². The number of benzene rings is 1. The van der Waals surface area contributed by atoms with E-state index in [9.17, 15) is 9.90 Å². The van der Waals surface area contributed by atoms with E-state index in [1.54, 1.807) is 12.1 Å². The Hall–Kier alpha value is -2.17. The van der Waals surface area contributed by atoms with Gasteiger partial charge in [-0.1, -0.05) is 12.1 Å². The number of carboxylic acid groups (broad SMARTS) is 1. The van der Waals surface area contributed by atoms with E-state index in [1.165, 1.54) is 20.3 Å². The number of rotatable bonds is 5. The normalized spacial score (nSPS) is 10.5. The standard InChI is InChI=1S/C12H14O5/c1-16-9-7-6-8(4-3-5-10(13)14)12(17-2)11(9)15/h3,5-7,15H,4H2,1-2H3,(H,13,14)/b5-3+. The van der Waals surface area contributed by atoms with Crippen molar-refractivity contribution < 1.29 is 24.5 Å². The summed E-state index contributed by atoms with van der Waals surface area (Å²) in [6.07, 6.45) is 2.87. The molecule has 0 unspecified atom stereocenters. The Kier molecular flexibility index (Phi) is 4.39. The monoisotopic (exact) mass is 238 g/mol. The highest BCUT2D eigenvalue weighted by Crippen LogP contribution is 2.38. The largest absolute Gasteiger partial charge is 0.502 e. The molecule has 0 atom stereocenters. The molecule has 0 aliphatic heterocycles. The van der Waals surface area contributed by atoms with Crippen LogP contribution in [0.1, 0.15) is 5.56 Å². The number of hydrogen-bond donors (Lipinski definition) is 2. The van der Waals surface area contributed by atoms with Crippen LogP contribution in [0, 0.1) is 0 Å². The minimum Gasteiger partial charge on any atom is -0.502 e. The Morgan fingerprint density at radius 2 is 2.06 bits per heavy atom. The number of aromatic hydroxyl groups is 1. The number of carbonyl (C=O) groups is 1. The molecule has 0 saturated carbocycles. The number of allylic oxidation sites excluding steroid dienone is 1. The predicted molar refractivity (Wildman–Crippen MR) is 61.7 cm³/mol. The summed E-state index contributed by atoms with van der Waals surface area (Å²) in [5, 5.41) is 18.3. The van der Waals surface area contributed by atoms with Gasteiger partial charge in [-0.2, -0.15) is 0 Å². The minimum absolute atomic E-state index is 0.0868. The van der Waals surface area contributed by atoms with E-state index in [1.807, 2.05) is 0 Å². The number of phenols is 1. The molecule has 17 heavy (non-hydrogen) atoms. The number of phenolic OH excluding ortho intramolecular Hbond substituents is 1. The first-order chi connectivity index (χ1) is 8.10. The van der Waals surface area contributed by atoms with E-state index in [-0.39, 0.29) is 5.75 Å². The molecule has 1 rings (SSSR count). The maximum atomic E-state index is 10.3. The summed E-state index contributed by atoms with van der Waals surface area (Å²) in [4.78, 5) is 10.3. The van der Waals surface area contributed by atoms with Gasteiger partial charge >= 0.3 is 5.97 Å². The van der Waals surface area contributed by atoms with Crippen LogP contribution in [0.5, 0.6) is 17.2 Å². The number of hydrogen-bond acceptors (Lipinski definition) is 4. The molecule has 0 radical (unpaired) electrons. The quantitative estimate of drug-likeness (QED) is 0.762. The molecular formula is C12H14O5. The van der Waals surface area contributed by atoms with Crippen LogP contribution in [0.25, 0.3) is 0 Å². The van der Waals surface area contributed by atoms with Gasteiger partial charge in [0.1, 0.15) is 0 Å². The molecule has 1 aromatic carbocycles. The van der Waals surface area contributed by atoms with Gasteiger partial charge in [-0.25, -0.2) is 4.79 Å². The maximum absolute atomic E-state index is 10.3. The molecule has 0 amide bonds. The van der Waals surface area contributed by atoms with Crippen molar-refractivity contribution in [3.8, 4) is 17.2 Å². The molecule has 92 valence electrons. The Labute approximate surface area is 98.9 Å². The molecule has 5 nitrogen and oxygen atoms in total. The molecule has 0 spiro atoms. The Bertz CT molecular complexity index is 437. The van der Waals surface area contributed by atoms with Gasteiger partial charge in [0.2, 0.25) is 5.75 Å². The summed E-state index contributed by atoms with van der Waals surface area (Å²) in [6, 6.07) is 3.31. The second kappa shape index (κ2) is 5.79. The summed E-state index contributed by atoms with van der Waals surface area (Å²) in [5.41, 5.74) is 0.684. The first kappa shape index (κ1) is 12.9. The first-order valence-corrected chi connectivity index (χ1v) is 4.92. The second-order valence-corrected chi connectivity index (χ2v) is 3.25. The third-order valence-corrected chi connectivity index (χ3v) is 2.20. The number of methoxy groups -OCH3 is 2. The van der Waals surface area contributed by atoms with Crippen LogP contribution in [0.2, 0.25) is 0 Å². The fraction of sp³-hybridized carbons (Fsp3) is 0.250. The van der Waals surface area contributed by atoms with E-state index >= 15 is 0 Å². The van der Waals surface area contributed by atoms with Crippen LogP contribution in [0.4, 0.5) is 0 Å². The third kappa shape index (κ3) is 3.14. The first-order valence-electron chi connectivity index (χ1n) is 4.92. The van der Waals surface area contributed by atoms with Gasteiger partial charge < -0.3 is 19.7 Å². The van der Waals surface area contributed by atoms with E-state index in [2.05, 4.69) is 0 Å². The maximum Gasteiger partial charge on any atom is 0.327 e. The molecule has 0 aliphatic rings. The van der Waals surface area contributed by atoms with Crippen molar-refractivity contribution >= 4 is 5.97 Å². The Morgan fingerprint density at radius 3 is 2.59 bits per heavy atom. The van der Waals surface area contributed by atoms with Crippen LogP contribution < -0.4 is 9.47 Å². The average Bonchev–Trinajstić information content (AvgIpc) is 2.29. The Morgan fingerprint density at radius 1 is 1.35 bits per heavy atom. The van der Waals surface area contributed by atoms with Crippen molar-refractivity contribution in [2.45, 2.75) is 6.42 Å². The molecule has 0 fully saturated rings. The van der Waals surface area contributed by atoms with Crippen LogP contribution >= 0.6 is 0 Å². The Balaban J connectivity index is 3.00. The predicted octanol–water partition coefficient (Wildman–Crippen LogP) is 1.59. The van der Waals surface area contributed by atoms with Gasteiger partial charge in [-0.15, -0.1) is 0 Å².